The van der Waals surface area contributed by atoms with Gasteiger partial charge in [-0.05, 0) is 62.7 Å². The minimum absolute atomic E-state index is 0.312. The predicted molar refractivity (Wildman–Crippen MR) is 113 cm³/mol. The van der Waals surface area contributed by atoms with Gasteiger partial charge in [0.25, 0.3) is 0 Å². The van der Waals surface area contributed by atoms with E-state index < -0.39 is 5.97 Å². The van der Waals surface area contributed by atoms with Crippen LogP contribution in [0.3, 0.4) is 0 Å². The van der Waals surface area contributed by atoms with Crippen LogP contribution in [0.25, 0.3) is 0 Å². The number of hydrogen-bond acceptors (Lipinski definition) is 7. The average Bonchev–Trinajstić information content (AvgIpc) is 2.71. The van der Waals surface area contributed by atoms with Gasteiger partial charge in [-0.3, -0.25) is 4.90 Å². The lowest BCUT2D eigenvalue weighted by Gasteiger charge is -2.30. The number of likely N-dealkylation sites (tertiary alicyclic amines) is 1. The molecule has 0 spiro atoms. The van der Waals surface area contributed by atoms with Gasteiger partial charge in [-0.15, -0.1) is 0 Å². The summed E-state index contributed by atoms with van der Waals surface area (Å²) < 4.78 is 5.12. The van der Waals surface area contributed by atoms with Crippen molar-refractivity contribution >= 4 is 29.2 Å². The van der Waals surface area contributed by atoms with Crippen LogP contribution in [0.1, 0.15) is 42.6 Å². The molecule has 1 saturated heterocycles. The molecule has 1 N–H and O–H groups in total. The van der Waals surface area contributed by atoms with Crippen LogP contribution < -0.4 is 5.32 Å². The number of benzene rings is 1. The van der Waals surface area contributed by atoms with E-state index in [1.165, 1.54) is 49.5 Å². The first-order chi connectivity index (χ1) is 13.6. The molecule has 6 nitrogen and oxygen atoms in total. The standard InChI is InChI=1S/C21H28N4O2S/c1-4-27-20(26)18-13-22-21(28-3)24-19(18)23-17-7-5-16(6-8-17)14-25-11-9-15(2)10-12-25/h5-8,13,15H,4,9-12,14H2,1-3H3,(H,22,23,24). The quantitative estimate of drug-likeness (QED) is 0.421. The molecule has 0 saturated carbocycles. The van der Waals surface area contributed by atoms with Crippen LogP contribution in [-0.4, -0.2) is 46.8 Å². The Hall–Kier alpha value is -2.12. The molecule has 0 radical (unpaired) electrons. The second kappa shape index (κ2) is 9.89. The SMILES string of the molecule is CCOC(=O)c1cnc(SC)nc1Nc1ccc(CN2CCC(C)CC2)cc1. The lowest BCUT2D eigenvalue weighted by Crippen LogP contribution is -2.32. The molecule has 1 aromatic heterocycles. The van der Waals surface area contributed by atoms with Crippen LogP contribution in [0.5, 0.6) is 0 Å². The predicted octanol–water partition coefficient (Wildman–Crippen LogP) is 4.35. The highest BCUT2D eigenvalue weighted by molar-refractivity contribution is 7.98. The fraction of sp³-hybridized carbons (Fsp3) is 0.476. The number of nitrogens with zero attached hydrogens (tertiary/aromatic N) is 3. The number of nitrogens with one attached hydrogen (secondary N) is 1. The van der Waals surface area contributed by atoms with Crippen molar-refractivity contribution in [2.75, 3.05) is 31.3 Å². The number of ether oxygens (including phenoxy) is 1. The third kappa shape index (κ3) is 5.45. The molecule has 1 fully saturated rings. The summed E-state index contributed by atoms with van der Waals surface area (Å²) in [5.74, 6) is 0.889. The number of hydrogen-bond donors (Lipinski definition) is 1. The topological polar surface area (TPSA) is 67.3 Å². The van der Waals surface area contributed by atoms with Crippen LogP contribution in [-0.2, 0) is 11.3 Å². The molecular formula is C21H28N4O2S. The first-order valence-corrected chi connectivity index (χ1v) is 11.0. The fourth-order valence-corrected chi connectivity index (χ4v) is 3.57. The summed E-state index contributed by atoms with van der Waals surface area (Å²) in [4.78, 5) is 23.3. The summed E-state index contributed by atoms with van der Waals surface area (Å²) >= 11 is 1.43. The average molecular weight is 401 g/mol. The Morgan fingerprint density at radius 2 is 2.00 bits per heavy atom. The van der Waals surface area contributed by atoms with Gasteiger partial charge in [-0.2, -0.15) is 0 Å². The van der Waals surface area contributed by atoms with Crippen LogP contribution in [0.15, 0.2) is 35.6 Å². The Balaban J connectivity index is 1.70. The van der Waals surface area contributed by atoms with E-state index in [9.17, 15) is 4.79 Å². The number of piperidine rings is 1. The van der Waals surface area contributed by atoms with E-state index in [2.05, 4.69) is 39.2 Å². The van der Waals surface area contributed by atoms with Crippen molar-refractivity contribution in [2.24, 2.45) is 5.92 Å². The van der Waals surface area contributed by atoms with E-state index in [-0.39, 0.29) is 0 Å². The van der Waals surface area contributed by atoms with Crippen LogP contribution >= 0.6 is 11.8 Å². The van der Waals surface area contributed by atoms with Crippen molar-refractivity contribution < 1.29 is 9.53 Å². The molecule has 3 rings (SSSR count). The normalized spacial score (nSPS) is 15.4. The number of anilines is 2. The summed E-state index contributed by atoms with van der Waals surface area (Å²) in [6.07, 6.45) is 5.98. The molecule has 1 aliphatic rings. The smallest absolute Gasteiger partial charge is 0.343 e. The zero-order valence-electron chi connectivity index (χ0n) is 16.8. The highest BCUT2D eigenvalue weighted by Gasteiger charge is 2.17. The maximum atomic E-state index is 12.2. The lowest BCUT2D eigenvalue weighted by atomic mass is 9.99. The van der Waals surface area contributed by atoms with Gasteiger partial charge in [0.2, 0.25) is 0 Å². The largest absolute Gasteiger partial charge is 0.462 e. The Morgan fingerprint density at radius 1 is 1.29 bits per heavy atom. The van der Waals surface area contributed by atoms with E-state index in [0.29, 0.717) is 23.1 Å². The van der Waals surface area contributed by atoms with Crippen molar-refractivity contribution in [3.05, 3.63) is 41.6 Å². The molecule has 7 heteroatoms. The van der Waals surface area contributed by atoms with E-state index in [1.807, 2.05) is 18.4 Å². The molecule has 2 heterocycles. The first-order valence-electron chi connectivity index (χ1n) is 9.75. The Kier molecular flexibility index (Phi) is 7.28. The van der Waals surface area contributed by atoms with Gasteiger partial charge in [0, 0.05) is 18.4 Å². The van der Waals surface area contributed by atoms with Gasteiger partial charge in [-0.1, -0.05) is 30.8 Å². The number of esters is 1. The van der Waals surface area contributed by atoms with Gasteiger partial charge >= 0.3 is 5.97 Å². The Bertz CT molecular complexity index is 789. The van der Waals surface area contributed by atoms with E-state index in [4.69, 9.17) is 4.74 Å². The molecule has 1 aromatic carbocycles. The second-order valence-electron chi connectivity index (χ2n) is 7.12. The molecule has 1 aliphatic heterocycles. The number of carbonyl (C=O) groups is 1. The maximum Gasteiger partial charge on any atom is 0.343 e. The van der Waals surface area contributed by atoms with E-state index >= 15 is 0 Å². The molecule has 150 valence electrons. The van der Waals surface area contributed by atoms with Gasteiger partial charge in [0.05, 0.1) is 6.61 Å². The van der Waals surface area contributed by atoms with Crippen LogP contribution in [0.4, 0.5) is 11.5 Å². The number of rotatable bonds is 7. The number of carbonyl (C=O) groups excluding carboxylic acids is 1. The van der Waals surface area contributed by atoms with Gasteiger partial charge in [-0.25, -0.2) is 14.8 Å². The summed E-state index contributed by atoms with van der Waals surface area (Å²) in [5, 5.41) is 3.85. The molecular weight excluding hydrogens is 372 g/mol. The summed E-state index contributed by atoms with van der Waals surface area (Å²) in [5.41, 5.74) is 2.51. The minimum Gasteiger partial charge on any atom is -0.462 e. The lowest BCUT2D eigenvalue weighted by molar-refractivity contribution is 0.0526. The third-order valence-electron chi connectivity index (χ3n) is 4.94. The van der Waals surface area contributed by atoms with Crippen molar-refractivity contribution in [1.29, 1.82) is 0 Å². The molecule has 28 heavy (non-hydrogen) atoms. The summed E-state index contributed by atoms with van der Waals surface area (Å²) in [6.45, 7) is 7.74. The Morgan fingerprint density at radius 3 is 2.64 bits per heavy atom. The van der Waals surface area contributed by atoms with Crippen molar-refractivity contribution in [3.63, 3.8) is 0 Å². The van der Waals surface area contributed by atoms with Gasteiger partial charge < -0.3 is 10.1 Å². The summed E-state index contributed by atoms with van der Waals surface area (Å²) in [7, 11) is 0. The first kappa shape index (κ1) is 20.6. The molecule has 0 bridgehead atoms. The zero-order valence-corrected chi connectivity index (χ0v) is 17.6. The maximum absolute atomic E-state index is 12.2. The van der Waals surface area contributed by atoms with E-state index in [1.54, 1.807) is 6.92 Å². The van der Waals surface area contributed by atoms with Gasteiger partial charge in [0.15, 0.2) is 5.16 Å². The minimum atomic E-state index is -0.423. The molecule has 0 amide bonds. The zero-order chi connectivity index (χ0) is 19.9. The van der Waals surface area contributed by atoms with Gasteiger partial charge in [0.1, 0.15) is 11.4 Å². The number of aromatic nitrogens is 2. The monoisotopic (exact) mass is 400 g/mol. The molecule has 0 aliphatic carbocycles. The van der Waals surface area contributed by atoms with Crippen LogP contribution in [0, 0.1) is 5.92 Å². The van der Waals surface area contributed by atoms with Crippen molar-refractivity contribution in [1.82, 2.24) is 14.9 Å². The molecule has 0 unspecified atom stereocenters. The van der Waals surface area contributed by atoms with Crippen LogP contribution in [0.2, 0.25) is 0 Å². The fourth-order valence-electron chi connectivity index (χ4n) is 3.23. The molecule has 2 aromatic rings. The number of thioether (sulfide) groups is 1. The molecule has 0 atom stereocenters. The summed E-state index contributed by atoms with van der Waals surface area (Å²) in [6, 6.07) is 8.30. The van der Waals surface area contributed by atoms with Crippen molar-refractivity contribution in [3.8, 4) is 0 Å². The highest BCUT2D eigenvalue weighted by Crippen LogP contribution is 2.23. The second-order valence-corrected chi connectivity index (χ2v) is 7.89. The third-order valence-corrected chi connectivity index (χ3v) is 5.51. The Labute approximate surface area is 171 Å². The van der Waals surface area contributed by atoms with E-state index in [0.717, 1.165) is 18.2 Å². The highest BCUT2D eigenvalue weighted by atomic mass is 32.2. The van der Waals surface area contributed by atoms with Crippen molar-refractivity contribution in [2.45, 2.75) is 38.4 Å².